The minimum atomic E-state index is -3.75. The van der Waals surface area contributed by atoms with Gasteiger partial charge in [-0.3, -0.25) is 9.48 Å². The molecule has 2 N–H and O–H groups in total. The Morgan fingerprint density at radius 1 is 1.64 bits per heavy atom. The average molecular weight is 217 g/mol. The number of carbonyl (C=O) groups excluding carboxylic acids is 1. The lowest BCUT2D eigenvalue weighted by molar-refractivity contribution is 0.106. The third-order valence-corrected chi connectivity index (χ3v) is 3.34. The molecule has 0 aromatic carbocycles. The summed E-state index contributed by atoms with van der Waals surface area (Å²) in [7, 11) is -2.28. The van der Waals surface area contributed by atoms with E-state index in [1.54, 1.807) is 0 Å². The Morgan fingerprint density at radius 3 is 2.57 bits per heavy atom. The summed E-state index contributed by atoms with van der Waals surface area (Å²) in [6, 6.07) is 0. The number of nitrogen functional groups attached to an aromatic ring is 1. The molecule has 1 aromatic rings. The maximum Gasteiger partial charge on any atom is 0.296 e. The van der Waals surface area contributed by atoms with Crippen LogP contribution in [0.4, 0.5) is 5.69 Å². The summed E-state index contributed by atoms with van der Waals surface area (Å²) < 4.78 is 23.7. The van der Waals surface area contributed by atoms with Crippen molar-refractivity contribution in [3.8, 4) is 0 Å². The van der Waals surface area contributed by atoms with Crippen LogP contribution < -0.4 is 5.73 Å². The van der Waals surface area contributed by atoms with Gasteiger partial charge in [0.2, 0.25) is 9.84 Å². The van der Waals surface area contributed by atoms with Crippen LogP contribution in [0.3, 0.4) is 0 Å². The number of rotatable bonds is 2. The predicted octanol–water partition coefficient (Wildman–Crippen LogP) is -0.423. The van der Waals surface area contributed by atoms with Gasteiger partial charge in [0.25, 0.3) is 5.12 Å². The highest BCUT2D eigenvalue weighted by atomic mass is 32.2. The molecule has 0 aliphatic carbocycles. The molecule has 0 unspecified atom stereocenters. The second kappa shape index (κ2) is 3.41. The molecule has 78 valence electrons. The summed E-state index contributed by atoms with van der Waals surface area (Å²) in [5.41, 5.74) is 5.43. The van der Waals surface area contributed by atoms with Gasteiger partial charge in [-0.2, -0.15) is 5.10 Å². The van der Waals surface area contributed by atoms with Crippen molar-refractivity contribution >= 4 is 20.6 Å². The van der Waals surface area contributed by atoms with Crippen LogP contribution in [-0.2, 0) is 16.9 Å². The van der Waals surface area contributed by atoms with E-state index in [1.165, 1.54) is 20.2 Å². The molecule has 0 saturated heterocycles. The largest absolute Gasteiger partial charge is 0.396 e. The molecule has 0 bridgehead atoms. The van der Waals surface area contributed by atoms with Crippen molar-refractivity contribution in [3.05, 3.63) is 11.9 Å². The van der Waals surface area contributed by atoms with Crippen LogP contribution in [0.25, 0.3) is 0 Å². The van der Waals surface area contributed by atoms with Crippen LogP contribution in [0.5, 0.6) is 0 Å². The molecule has 0 aliphatic rings. The van der Waals surface area contributed by atoms with Crippen molar-refractivity contribution in [2.45, 2.75) is 6.92 Å². The predicted molar refractivity (Wildman–Crippen MR) is 51.4 cm³/mol. The Bertz CT molecular complexity index is 441. The van der Waals surface area contributed by atoms with E-state index >= 15 is 0 Å². The van der Waals surface area contributed by atoms with Crippen LogP contribution >= 0.6 is 0 Å². The smallest absolute Gasteiger partial charge is 0.296 e. The fourth-order valence-electron chi connectivity index (χ4n) is 0.983. The highest BCUT2D eigenvalue weighted by Gasteiger charge is 2.26. The quantitative estimate of drug-likeness (QED) is 0.725. The summed E-state index contributed by atoms with van der Waals surface area (Å²) >= 11 is 0. The van der Waals surface area contributed by atoms with Gasteiger partial charge in [0.15, 0.2) is 0 Å². The normalized spacial score (nSPS) is 11.6. The topological polar surface area (TPSA) is 95.1 Å². The number of aryl methyl sites for hydroxylation is 1. The van der Waals surface area contributed by atoms with Crippen LogP contribution in [0, 0.1) is 0 Å². The molecule has 0 saturated carbocycles. The molecule has 1 aromatic heterocycles. The maximum atomic E-state index is 11.5. The number of aromatic nitrogens is 2. The van der Waals surface area contributed by atoms with E-state index in [0.717, 1.165) is 4.68 Å². The number of sulfone groups is 1. The van der Waals surface area contributed by atoms with Crippen molar-refractivity contribution in [1.29, 1.82) is 0 Å². The molecule has 0 aliphatic heterocycles. The number of anilines is 1. The minimum Gasteiger partial charge on any atom is -0.396 e. The van der Waals surface area contributed by atoms with Crippen LogP contribution in [-0.4, -0.2) is 29.1 Å². The van der Waals surface area contributed by atoms with E-state index < -0.39 is 15.0 Å². The fraction of sp³-hybridized carbons (Fsp3) is 0.429. The first-order valence-corrected chi connectivity index (χ1v) is 5.60. The number of nitrogens with zero attached hydrogens (tertiary/aromatic N) is 2. The van der Waals surface area contributed by atoms with Gasteiger partial charge < -0.3 is 5.73 Å². The number of carbonyl (C=O) groups is 1. The molecule has 0 atom stereocenters. The second-order valence-corrected chi connectivity index (χ2v) is 4.94. The van der Waals surface area contributed by atoms with E-state index in [2.05, 4.69) is 5.10 Å². The molecule has 7 heteroatoms. The van der Waals surface area contributed by atoms with Crippen LogP contribution in [0.1, 0.15) is 17.4 Å². The molecule has 0 fully saturated rings. The van der Waals surface area contributed by atoms with Gasteiger partial charge in [-0.1, -0.05) is 6.92 Å². The van der Waals surface area contributed by atoms with Gasteiger partial charge in [0.05, 0.1) is 17.6 Å². The fourth-order valence-corrected chi connectivity index (χ4v) is 1.79. The molecule has 0 amide bonds. The lowest BCUT2D eigenvalue weighted by atomic mass is 10.4. The first-order valence-electron chi connectivity index (χ1n) is 3.94. The lowest BCUT2D eigenvalue weighted by Gasteiger charge is -2.01. The first-order chi connectivity index (χ1) is 6.40. The Balaban J connectivity index is 3.27. The summed E-state index contributed by atoms with van der Waals surface area (Å²) in [6.45, 7) is 1.40. The van der Waals surface area contributed by atoms with E-state index in [9.17, 15) is 13.2 Å². The van der Waals surface area contributed by atoms with E-state index in [1.807, 2.05) is 0 Å². The Hall–Kier alpha value is -1.37. The van der Waals surface area contributed by atoms with Gasteiger partial charge in [-0.15, -0.1) is 0 Å². The number of nitrogens with two attached hydrogens (primary N) is 1. The molecule has 1 heterocycles. The Labute approximate surface area is 81.6 Å². The van der Waals surface area contributed by atoms with Crippen molar-refractivity contribution in [2.75, 3.05) is 11.5 Å². The third-order valence-electron chi connectivity index (χ3n) is 1.82. The van der Waals surface area contributed by atoms with Gasteiger partial charge in [-0.05, 0) is 0 Å². The second-order valence-electron chi connectivity index (χ2n) is 2.76. The highest BCUT2D eigenvalue weighted by Crippen LogP contribution is 2.13. The number of hydrogen-bond acceptors (Lipinski definition) is 5. The molecular formula is C7H11N3O3S. The summed E-state index contributed by atoms with van der Waals surface area (Å²) in [4.78, 5) is 11.5. The molecule has 14 heavy (non-hydrogen) atoms. The van der Waals surface area contributed by atoms with Gasteiger partial charge in [0, 0.05) is 7.05 Å². The van der Waals surface area contributed by atoms with Crippen molar-refractivity contribution < 1.29 is 13.2 Å². The highest BCUT2D eigenvalue weighted by molar-refractivity contribution is 8.06. The zero-order valence-electron chi connectivity index (χ0n) is 7.89. The summed E-state index contributed by atoms with van der Waals surface area (Å²) in [5, 5.41) is 2.72. The summed E-state index contributed by atoms with van der Waals surface area (Å²) in [6.07, 6.45) is 1.25. The van der Waals surface area contributed by atoms with Crippen molar-refractivity contribution in [3.63, 3.8) is 0 Å². The van der Waals surface area contributed by atoms with E-state index in [4.69, 9.17) is 5.73 Å². The SMILES string of the molecule is CCS(=O)(=O)C(=O)c1c(N)cnn1C. The summed E-state index contributed by atoms with van der Waals surface area (Å²) in [5.74, 6) is -0.240. The monoisotopic (exact) mass is 217 g/mol. The zero-order chi connectivity index (χ0) is 10.9. The van der Waals surface area contributed by atoms with Gasteiger partial charge in [-0.25, -0.2) is 8.42 Å². The van der Waals surface area contributed by atoms with E-state index in [0.29, 0.717) is 0 Å². The standard InChI is InChI=1S/C7H11N3O3S/c1-3-14(12,13)7(11)6-5(8)4-9-10(6)2/h4H,3,8H2,1-2H3. The van der Waals surface area contributed by atoms with Crippen molar-refractivity contribution in [2.24, 2.45) is 7.05 Å². The molecule has 0 spiro atoms. The number of hydrogen-bond donors (Lipinski definition) is 1. The van der Waals surface area contributed by atoms with E-state index in [-0.39, 0.29) is 17.1 Å². The van der Waals surface area contributed by atoms with Crippen LogP contribution in [0.2, 0.25) is 0 Å². The lowest BCUT2D eigenvalue weighted by Crippen LogP contribution is -2.21. The Kier molecular flexibility index (Phi) is 2.61. The molecule has 0 radical (unpaired) electrons. The Morgan fingerprint density at radius 2 is 2.21 bits per heavy atom. The zero-order valence-corrected chi connectivity index (χ0v) is 8.71. The first kappa shape index (κ1) is 10.7. The molecule has 6 nitrogen and oxygen atoms in total. The molecule has 1 rings (SSSR count). The average Bonchev–Trinajstić information content (AvgIpc) is 2.45. The maximum absolute atomic E-state index is 11.5. The van der Waals surface area contributed by atoms with Gasteiger partial charge >= 0.3 is 0 Å². The van der Waals surface area contributed by atoms with Gasteiger partial charge in [0.1, 0.15) is 5.69 Å². The minimum absolute atomic E-state index is 0.0770. The molecular weight excluding hydrogens is 206 g/mol. The third kappa shape index (κ3) is 1.63. The van der Waals surface area contributed by atoms with Crippen LogP contribution in [0.15, 0.2) is 6.20 Å². The van der Waals surface area contributed by atoms with Crippen molar-refractivity contribution in [1.82, 2.24) is 9.78 Å².